The van der Waals surface area contributed by atoms with Crippen LogP contribution in [0.2, 0.25) is 15.1 Å². The molecule has 0 saturated heterocycles. The van der Waals surface area contributed by atoms with Crippen LogP contribution in [0.15, 0.2) is 30.3 Å². The third kappa shape index (κ3) is 3.25. The molecule has 0 spiro atoms. The fourth-order valence-electron chi connectivity index (χ4n) is 2.47. The molecule has 7 heteroatoms. The van der Waals surface area contributed by atoms with Crippen molar-refractivity contribution in [2.24, 2.45) is 0 Å². The van der Waals surface area contributed by atoms with Crippen LogP contribution in [0.5, 0.6) is 5.75 Å². The van der Waals surface area contributed by atoms with Crippen molar-refractivity contribution in [3.05, 3.63) is 62.3 Å². The van der Waals surface area contributed by atoms with Gasteiger partial charge in [-0.3, -0.25) is 4.79 Å². The van der Waals surface area contributed by atoms with Crippen molar-refractivity contribution in [3.63, 3.8) is 0 Å². The van der Waals surface area contributed by atoms with E-state index in [-0.39, 0.29) is 21.7 Å². The van der Waals surface area contributed by atoms with Gasteiger partial charge in [-0.25, -0.2) is 4.39 Å². The number of carbonyl (C=O) groups excluding carboxylic acids is 1. The molecule has 3 nitrogen and oxygen atoms in total. The highest BCUT2D eigenvalue weighted by Crippen LogP contribution is 2.37. The van der Waals surface area contributed by atoms with Gasteiger partial charge in [0.15, 0.2) is 0 Å². The van der Waals surface area contributed by atoms with E-state index in [2.05, 4.69) is 5.32 Å². The van der Waals surface area contributed by atoms with Gasteiger partial charge in [0.25, 0.3) is 5.91 Å². The molecule has 0 saturated carbocycles. The Bertz CT molecular complexity index is 782. The minimum absolute atomic E-state index is 0.0311. The van der Waals surface area contributed by atoms with Crippen molar-refractivity contribution in [2.75, 3.05) is 6.61 Å². The van der Waals surface area contributed by atoms with Crippen molar-refractivity contribution in [1.29, 1.82) is 0 Å². The Hall–Kier alpha value is -1.49. The molecule has 1 aliphatic heterocycles. The molecule has 0 aromatic heterocycles. The summed E-state index contributed by atoms with van der Waals surface area (Å²) < 4.78 is 19.1. The number of nitrogens with one attached hydrogen (secondary N) is 1. The SMILES string of the molecule is O=C(NC1CCOc2c(Cl)cccc21)c1cc(F)c(Cl)cc1Cl. The summed E-state index contributed by atoms with van der Waals surface area (Å²) in [5.41, 5.74) is 0.811. The normalized spacial score (nSPS) is 16.4. The highest BCUT2D eigenvalue weighted by atomic mass is 35.5. The maximum atomic E-state index is 13.6. The average molecular weight is 375 g/mol. The van der Waals surface area contributed by atoms with Crippen molar-refractivity contribution >= 4 is 40.7 Å². The second-order valence-corrected chi connectivity index (χ2v) is 6.29. The molecule has 1 aliphatic rings. The number of fused-ring (bicyclic) bond motifs is 1. The molecule has 1 heterocycles. The average Bonchev–Trinajstić information content (AvgIpc) is 2.52. The Kier molecular flexibility index (Phi) is 4.67. The van der Waals surface area contributed by atoms with Gasteiger partial charge >= 0.3 is 0 Å². The van der Waals surface area contributed by atoms with Crippen LogP contribution in [-0.4, -0.2) is 12.5 Å². The van der Waals surface area contributed by atoms with Crippen molar-refractivity contribution in [1.82, 2.24) is 5.32 Å². The van der Waals surface area contributed by atoms with Gasteiger partial charge in [-0.2, -0.15) is 0 Å². The molecule has 0 bridgehead atoms. The quantitative estimate of drug-likeness (QED) is 0.748. The number of hydrogen-bond acceptors (Lipinski definition) is 2. The van der Waals surface area contributed by atoms with Gasteiger partial charge in [0.1, 0.15) is 11.6 Å². The van der Waals surface area contributed by atoms with Crippen LogP contribution < -0.4 is 10.1 Å². The van der Waals surface area contributed by atoms with E-state index in [1.54, 1.807) is 12.1 Å². The van der Waals surface area contributed by atoms with E-state index < -0.39 is 11.7 Å². The van der Waals surface area contributed by atoms with Crippen LogP contribution in [0.25, 0.3) is 0 Å². The fraction of sp³-hybridized carbons (Fsp3) is 0.188. The maximum Gasteiger partial charge on any atom is 0.253 e. The fourth-order valence-corrected chi connectivity index (χ4v) is 3.17. The van der Waals surface area contributed by atoms with Gasteiger partial charge in [0, 0.05) is 12.0 Å². The third-order valence-electron chi connectivity index (χ3n) is 3.59. The van der Waals surface area contributed by atoms with E-state index in [1.165, 1.54) is 6.07 Å². The van der Waals surface area contributed by atoms with Gasteiger partial charge in [-0.15, -0.1) is 0 Å². The van der Waals surface area contributed by atoms with Crippen LogP contribution in [-0.2, 0) is 0 Å². The molecule has 120 valence electrons. The third-order valence-corrected chi connectivity index (χ3v) is 4.49. The van der Waals surface area contributed by atoms with Gasteiger partial charge in [0.05, 0.1) is 33.3 Å². The molecule has 3 rings (SSSR count). The van der Waals surface area contributed by atoms with Crippen molar-refractivity contribution < 1.29 is 13.9 Å². The van der Waals surface area contributed by atoms with Crippen LogP contribution in [0, 0.1) is 5.82 Å². The van der Waals surface area contributed by atoms with Crippen LogP contribution in [0.1, 0.15) is 28.4 Å². The Balaban J connectivity index is 1.88. The number of amides is 1. The van der Waals surface area contributed by atoms with E-state index in [0.29, 0.717) is 23.8 Å². The van der Waals surface area contributed by atoms with Crippen LogP contribution >= 0.6 is 34.8 Å². The lowest BCUT2D eigenvalue weighted by atomic mass is 10.00. The first-order chi connectivity index (χ1) is 11.0. The zero-order valence-corrected chi connectivity index (χ0v) is 14.0. The maximum absolute atomic E-state index is 13.6. The number of carbonyl (C=O) groups is 1. The second kappa shape index (κ2) is 6.56. The molecule has 1 N–H and O–H groups in total. The van der Waals surface area contributed by atoms with Crippen molar-refractivity contribution in [2.45, 2.75) is 12.5 Å². The smallest absolute Gasteiger partial charge is 0.253 e. The summed E-state index contributed by atoms with van der Waals surface area (Å²) in [7, 11) is 0. The van der Waals surface area contributed by atoms with Crippen LogP contribution in [0.3, 0.4) is 0 Å². The lowest BCUT2D eigenvalue weighted by Gasteiger charge is -2.27. The Morgan fingerprint density at radius 1 is 1.17 bits per heavy atom. The van der Waals surface area contributed by atoms with Crippen LogP contribution in [0.4, 0.5) is 4.39 Å². The molecule has 2 aromatic carbocycles. The Morgan fingerprint density at radius 3 is 2.74 bits per heavy atom. The van der Waals surface area contributed by atoms with E-state index >= 15 is 0 Å². The highest BCUT2D eigenvalue weighted by molar-refractivity contribution is 6.36. The first-order valence-corrected chi connectivity index (χ1v) is 7.97. The number of para-hydroxylation sites is 1. The van der Waals surface area contributed by atoms with Gasteiger partial charge in [0.2, 0.25) is 0 Å². The highest BCUT2D eigenvalue weighted by Gasteiger charge is 2.26. The Labute approximate surface area is 147 Å². The van der Waals surface area contributed by atoms with Gasteiger partial charge in [-0.1, -0.05) is 46.9 Å². The number of hydrogen-bond donors (Lipinski definition) is 1. The second-order valence-electron chi connectivity index (χ2n) is 5.07. The number of ether oxygens (including phenoxy) is 1. The van der Waals surface area contributed by atoms with E-state index in [1.807, 2.05) is 6.07 Å². The zero-order chi connectivity index (χ0) is 16.6. The molecule has 1 atom stereocenters. The number of halogens is 4. The molecule has 1 unspecified atom stereocenters. The summed E-state index contributed by atoms with van der Waals surface area (Å²) in [5.74, 6) is -0.626. The number of benzene rings is 2. The van der Waals surface area contributed by atoms with E-state index in [4.69, 9.17) is 39.5 Å². The minimum atomic E-state index is -0.698. The molecular formula is C16H11Cl3FNO2. The predicted octanol–water partition coefficient (Wildman–Crippen LogP) is 5.04. The summed E-state index contributed by atoms with van der Waals surface area (Å²) >= 11 is 17.7. The summed E-state index contributed by atoms with van der Waals surface area (Å²) in [5, 5.41) is 3.28. The summed E-state index contributed by atoms with van der Waals surface area (Å²) in [6.45, 7) is 0.421. The predicted molar refractivity (Wildman–Crippen MR) is 88.2 cm³/mol. The lowest BCUT2D eigenvalue weighted by molar-refractivity contribution is 0.0924. The molecule has 2 aromatic rings. The standard InChI is InChI=1S/C16H11Cl3FNO2/c17-10-3-1-2-8-14(4-5-23-15(8)10)21-16(22)9-6-13(20)12(19)7-11(9)18/h1-3,6-7,14H,4-5H2,(H,21,22). The first-order valence-electron chi connectivity index (χ1n) is 6.84. The molecular weight excluding hydrogens is 364 g/mol. The van der Waals surface area contributed by atoms with Crippen molar-refractivity contribution in [3.8, 4) is 5.75 Å². The summed E-state index contributed by atoms with van der Waals surface area (Å²) in [4.78, 5) is 12.4. The molecule has 0 fully saturated rings. The molecule has 0 radical (unpaired) electrons. The molecule has 23 heavy (non-hydrogen) atoms. The monoisotopic (exact) mass is 373 g/mol. The topological polar surface area (TPSA) is 38.3 Å². The Morgan fingerprint density at radius 2 is 1.96 bits per heavy atom. The minimum Gasteiger partial charge on any atom is -0.492 e. The first kappa shape index (κ1) is 16.4. The zero-order valence-electron chi connectivity index (χ0n) is 11.7. The lowest BCUT2D eigenvalue weighted by Crippen LogP contribution is -2.32. The van der Waals surface area contributed by atoms with E-state index in [9.17, 15) is 9.18 Å². The van der Waals surface area contributed by atoms with Gasteiger partial charge < -0.3 is 10.1 Å². The van der Waals surface area contributed by atoms with Gasteiger partial charge in [-0.05, 0) is 18.2 Å². The molecule has 1 amide bonds. The summed E-state index contributed by atoms with van der Waals surface area (Å²) in [6, 6.07) is 7.27. The number of rotatable bonds is 2. The largest absolute Gasteiger partial charge is 0.492 e. The van der Waals surface area contributed by atoms with E-state index in [0.717, 1.165) is 11.6 Å². The molecule has 0 aliphatic carbocycles. The summed E-state index contributed by atoms with van der Waals surface area (Å²) in [6.07, 6.45) is 0.576.